The quantitative estimate of drug-likeness (QED) is 0.829. The SMILES string of the molecule is O[C@H]1CCCC[C@H]1NC1CCN(CC(F)(F)F)CC1. The molecule has 0 radical (unpaired) electrons. The molecule has 112 valence electrons. The van der Waals surface area contributed by atoms with E-state index in [-0.39, 0.29) is 18.2 Å². The van der Waals surface area contributed by atoms with E-state index in [1.54, 1.807) is 0 Å². The number of aliphatic hydroxyl groups excluding tert-OH is 1. The van der Waals surface area contributed by atoms with Crippen LogP contribution in [0.4, 0.5) is 13.2 Å². The molecule has 2 fully saturated rings. The zero-order valence-electron chi connectivity index (χ0n) is 11.1. The second kappa shape index (κ2) is 6.41. The van der Waals surface area contributed by atoms with Crippen molar-refractivity contribution in [1.29, 1.82) is 0 Å². The smallest absolute Gasteiger partial charge is 0.392 e. The Balaban J connectivity index is 1.71. The van der Waals surface area contributed by atoms with Gasteiger partial charge in [-0.15, -0.1) is 0 Å². The average Bonchev–Trinajstić information content (AvgIpc) is 2.33. The van der Waals surface area contributed by atoms with Crippen LogP contribution in [0.15, 0.2) is 0 Å². The first-order valence-electron chi connectivity index (χ1n) is 7.17. The molecule has 2 atom stereocenters. The van der Waals surface area contributed by atoms with E-state index < -0.39 is 12.7 Å². The van der Waals surface area contributed by atoms with E-state index in [2.05, 4.69) is 5.32 Å². The Hall–Kier alpha value is -0.330. The van der Waals surface area contributed by atoms with Crippen molar-refractivity contribution < 1.29 is 18.3 Å². The number of hydrogen-bond acceptors (Lipinski definition) is 3. The largest absolute Gasteiger partial charge is 0.401 e. The number of halogens is 3. The normalized spacial score (nSPS) is 31.6. The number of likely N-dealkylation sites (tertiary alicyclic amines) is 1. The van der Waals surface area contributed by atoms with E-state index in [0.29, 0.717) is 13.1 Å². The highest BCUT2D eigenvalue weighted by atomic mass is 19.4. The summed E-state index contributed by atoms with van der Waals surface area (Å²) in [7, 11) is 0. The first-order valence-corrected chi connectivity index (χ1v) is 7.17. The number of nitrogens with one attached hydrogen (secondary N) is 1. The third-order valence-electron chi connectivity index (χ3n) is 4.17. The monoisotopic (exact) mass is 280 g/mol. The second-order valence-corrected chi connectivity index (χ2v) is 5.79. The van der Waals surface area contributed by atoms with Crippen LogP contribution < -0.4 is 5.32 Å². The lowest BCUT2D eigenvalue weighted by Gasteiger charge is -2.37. The van der Waals surface area contributed by atoms with Gasteiger partial charge in [-0.1, -0.05) is 12.8 Å². The molecule has 0 aromatic carbocycles. The maximum atomic E-state index is 12.3. The Labute approximate surface area is 112 Å². The number of nitrogens with zero attached hydrogens (tertiary/aromatic N) is 1. The highest BCUT2D eigenvalue weighted by Gasteiger charge is 2.33. The van der Waals surface area contributed by atoms with E-state index >= 15 is 0 Å². The molecule has 2 aliphatic rings. The van der Waals surface area contributed by atoms with Gasteiger partial charge in [-0.05, 0) is 38.8 Å². The maximum Gasteiger partial charge on any atom is 0.401 e. The molecule has 1 aliphatic heterocycles. The van der Waals surface area contributed by atoms with E-state index in [9.17, 15) is 18.3 Å². The van der Waals surface area contributed by atoms with Crippen molar-refractivity contribution in [2.45, 2.75) is 62.9 Å². The molecule has 1 saturated carbocycles. The Bertz CT molecular complexity index is 278. The van der Waals surface area contributed by atoms with Crippen molar-refractivity contribution in [2.75, 3.05) is 19.6 Å². The molecular formula is C13H23F3N2O. The third-order valence-corrected chi connectivity index (χ3v) is 4.17. The minimum Gasteiger partial charge on any atom is -0.392 e. The van der Waals surface area contributed by atoms with Gasteiger partial charge in [-0.25, -0.2) is 0 Å². The number of piperidine rings is 1. The molecular weight excluding hydrogens is 257 g/mol. The van der Waals surface area contributed by atoms with Gasteiger partial charge in [-0.2, -0.15) is 13.2 Å². The summed E-state index contributed by atoms with van der Waals surface area (Å²) in [5.74, 6) is 0. The van der Waals surface area contributed by atoms with Crippen LogP contribution in [-0.4, -0.2) is 54.0 Å². The van der Waals surface area contributed by atoms with Gasteiger partial charge < -0.3 is 10.4 Å². The van der Waals surface area contributed by atoms with E-state index in [1.807, 2.05) is 0 Å². The summed E-state index contributed by atoms with van der Waals surface area (Å²) in [5.41, 5.74) is 0. The van der Waals surface area contributed by atoms with Crippen molar-refractivity contribution in [3.05, 3.63) is 0 Å². The van der Waals surface area contributed by atoms with Gasteiger partial charge in [-0.3, -0.25) is 4.90 Å². The molecule has 6 heteroatoms. The first-order chi connectivity index (χ1) is 8.94. The molecule has 1 aliphatic carbocycles. The van der Waals surface area contributed by atoms with Crippen LogP contribution in [0.2, 0.25) is 0 Å². The van der Waals surface area contributed by atoms with Crippen LogP contribution in [0.1, 0.15) is 38.5 Å². The highest BCUT2D eigenvalue weighted by molar-refractivity contribution is 4.86. The van der Waals surface area contributed by atoms with Crippen LogP contribution in [0, 0.1) is 0 Å². The molecule has 0 amide bonds. The van der Waals surface area contributed by atoms with Gasteiger partial charge in [0.25, 0.3) is 0 Å². The van der Waals surface area contributed by atoms with Crippen LogP contribution in [0.25, 0.3) is 0 Å². The molecule has 0 bridgehead atoms. The number of aliphatic hydroxyl groups is 1. The fourth-order valence-corrected chi connectivity index (χ4v) is 3.12. The molecule has 19 heavy (non-hydrogen) atoms. The summed E-state index contributed by atoms with van der Waals surface area (Å²) in [6.45, 7) is 0.172. The Morgan fingerprint density at radius 3 is 2.26 bits per heavy atom. The Morgan fingerprint density at radius 1 is 1.05 bits per heavy atom. The zero-order chi connectivity index (χ0) is 13.9. The lowest BCUT2D eigenvalue weighted by atomic mass is 9.91. The van der Waals surface area contributed by atoms with Gasteiger partial charge in [0.15, 0.2) is 0 Å². The van der Waals surface area contributed by atoms with Crippen molar-refractivity contribution in [3.8, 4) is 0 Å². The standard InChI is InChI=1S/C13H23F3N2O/c14-13(15,16)9-18-7-5-10(6-8-18)17-11-3-1-2-4-12(11)19/h10-12,17,19H,1-9H2/t11-,12+/m1/s1. The summed E-state index contributed by atoms with van der Waals surface area (Å²) < 4.78 is 36.8. The van der Waals surface area contributed by atoms with Gasteiger partial charge in [0.2, 0.25) is 0 Å². The van der Waals surface area contributed by atoms with Crippen LogP contribution in [0.3, 0.4) is 0 Å². The predicted octanol–water partition coefficient (Wildman–Crippen LogP) is 1.91. The van der Waals surface area contributed by atoms with Crippen LogP contribution in [-0.2, 0) is 0 Å². The molecule has 3 nitrogen and oxygen atoms in total. The molecule has 0 spiro atoms. The fraction of sp³-hybridized carbons (Fsp3) is 1.00. The van der Waals surface area contributed by atoms with Gasteiger partial charge in [0, 0.05) is 12.1 Å². The molecule has 1 saturated heterocycles. The summed E-state index contributed by atoms with van der Waals surface area (Å²) in [6, 6.07) is 0.384. The minimum absolute atomic E-state index is 0.132. The fourth-order valence-electron chi connectivity index (χ4n) is 3.12. The number of alkyl halides is 3. The molecule has 1 heterocycles. The minimum atomic E-state index is -4.10. The summed E-state index contributed by atoms with van der Waals surface area (Å²) in [5, 5.41) is 13.3. The lowest BCUT2D eigenvalue weighted by Crippen LogP contribution is -2.51. The molecule has 0 aromatic rings. The second-order valence-electron chi connectivity index (χ2n) is 5.79. The summed E-state index contributed by atoms with van der Waals surface area (Å²) >= 11 is 0. The van der Waals surface area contributed by atoms with Crippen LogP contribution in [0.5, 0.6) is 0 Å². The van der Waals surface area contributed by atoms with Crippen molar-refractivity contribution in [2.24, 2.45) is 0 Å². The zero-order valence-corrected chi connectivity index (χ0v) is 11.1. The van der Waals surface area contributed by atoms with Crippen molar-refractivity contribution in [3.63, 3.8) is 0 Å². The van der Waals surface area contributed by atoms with E-state index in [1.165, 1.54) is 4.90 Å². The Kier molecular flexibility index (Phi) is 5.09. The summed E-state index contributed by atoms with van der Waals surface area (Å²) in [4.78, 5) is 1.47. The highest BCUT2D eigenvalue weighted by Crippen LogP contribution is 2.22. The maximum absolute atomic E-state index is 12.3. The molecule has 2 N–H and O–H groups in total. The average molecular weight is 280 g/mol. The van der Waals surface area contributed by atoms with Crippen molar-refractivity contribution in [1.82, 2.24) is 10.2 Å². The van der Waals surface area contributed by atoms with Gasteiger partial charge in [0.05, 0.1) is 12.6 Å². The number of rotatable bonds is 3. The molecule has 0 aromatic heterocycles. The first kappa shape index (κ1) is 15.1. The topological polar surface area (TPSA) is 35.5 Å². The lowest BCUT2D eigenvalue weighted by molar-refractivity contribution is -0.148. The Morgan fingerprint density at radius 2 is 1.68 bits per heavy atom. The van der Waals surface area contributed by atoms with E-state index in [4.69, 9.17) is 0 Å². The summed E-state index contributed by atoms with van der Waals surface area (Å²) in [6.07, 6.45) is 1.10. The van der Waals surface area contributed by atoms with Crippen LogP contribution >= 0.6 is 0 Å². The molecule has 2 rings (SSSR count). The third kappa shape index (κ3) is 4.93. The number of hydrogen-bond donors (Lipinski definition) is 2. The van der Waals surface area contributed by atoms with Gasteiger partial charge >= 0.3 is 6.18 Å². The van der Waals surface area contributed by atoms with Crippen molar-refractivity contribution >= 4 is 0 Å². The predicted molar refractivity (Wildman–Crippen MR) is 66.9 cm³/mol. The van der Waals surface area contributed by atoms with Gasteiger partial charge in [0.1, 0.15) is 0 Å². The molecule has 0 unspecified atom stereocenters. The van der Waals surface area contributed by atoms with E-state index in [0.717, 1.165) is 38.5 Å².